The molecule has 1 aliphatic rings. The Labute approximate surface area is 169 Å². The lowest BCUT2D eigenvalue weighted by Crippen LogP contribution is -2.30. The van der Waals surface area contributed by atoms with E-state index in [9.17, 15) is 9.59 Å². The summed E-state index contributed by atoms with van der Waals surface area (Å²) in [5.41, 5.74) is 0.937. The average molecular weight is 402 g/mol. The minimum Gasteiger partial charge on any atom is -0.469 e. The van der Waals surface area contributed by atoms with Crippen LogP contribution in [0, 0.1) is 0 Å². The zero-order valence-electron chi connectivity index (χ0n) is 16.7. The van der Waals surface area contributed by atoms with Crippen LogP contribution in [0.3, 0.4) is 0 Å². The topological polar surface area (TPSA) is 91.1 Å². The first kappa shape index (κ1) is 20.9. The van der Waals surface area contributed by atoms with Gasteiger partial charge in [0.1, 0.15) is 12.4 Å². The highest BCUT2D eigenvalue weighted by Gasteiger charge is 2.29. The van der Waals surface area contributed by atoms with Crippen LogP contribution < -0.4 is 4.90 Å². The van der Waals surface area contributed by atoms with Gasteiger partial charge in [0, 0.05) is 19.5 Å². The van der Waals surface area contributed by atoms with Gasteiger partial charge in [-0.15, -0.1) is 0 Å². The number of ether oxygens (including phenoxy) is 3. The SMILES string of the molecule is COC(=O)CCc1cnc(N2CC[C@H](OC(C)C(=O)OCc3ccccc3)C2)o1. The second-order valence-electron chi connectivity index (χ2n) is 6.91. The second kappa shape index (κ2) is 10.1. The molecule has 2 heterocycles. The molecule has 0 aliphatic carbocycles. The van der Waals surface area contributed by atoms with E-state index in [1.807, 2.05) is 35.2 Å². The molecule has 1 saturated heterocycles. The van der Waals surface area contributed by atoms with Gasteiger partial charge in [0.2, 0.25) is 0 Å². The summed E-state index contributed by atoms with van der Waals surface area (Å²) in [5.74, 6) is -0.0353. The first-order valence-corrected chi connectivity index (χ1v) is 9.67. The molecule has 2 aromatic rings. The van der Waals surface area contributed by atoms with Crippen LogP contribution in [0.1, 0.15) is 31.1 Å². The Morgan fingerprint density at radius 1 is 1.31 bits per heavy atom. The monoisotopic (exact) mass is 402 g/mol. The lowest BCUT2D eigenvalue weighted by Gasteiger charge is -2.18. The maximum atomic E-state index is 12.2. The van der Waals surface area contributed by atoms with Crippen molar-refractivity contribution in [2.75, 3.05) is 25.1 Å². The number of carbonyl (C=O) groups is 2. The third kappa shape index (κ3) is 6.05. The molecule has 0 saturated carbocycles. The molecule has 2 atom stereocenters. The van der Waals surface area contributed by atoms with E-state index in [4.69, 9.17) is 13.9 Å². The number of hydrogen-bond acceptors (Lipinski definition) is 8. The summed E-state index contributed by atoms with van der Waals surface area (Å²) in [5, 5.41) is 0. The molecular formula is C21H26N2O6. The van der Waals surface area contributed by atoms with Crippen molar-refractivity contribution in [3.05, 3.63) is 47.9 Å². The number of benzene rings is 1. The number of aryl methyl sites for hydroxylation is 1. The molecule has 8 heteroatoms. The van der Waals surface area contributed by atoms with E-state index in [0.717, 1.165) is 12.0 Å². The number of nitrogens with zero attached hydrogens (tertiary/aromatic N) is 2. The summed E-state index contributed by atoms with van der Waals surface area (Å²) in [7, 11) is 1.36. The van der Waals surface area contributed by atoms with Crippen LogP contribution >= 0.6 is 0 Å². The zero-order valence-corrected chi connectivity index (χ0v) is 16.7. The standard InChI is InChI=1S/C21H26N2O6/c1-15(20(25)27-14-16-6-4-3-5-7-16)28-18-10-11-23(13-18)21-22-12-17(29-21)8-9-19(24)26-2/h3-7,12,15,18H,8-11,13-14H2,1-2H3/t15?,18-/m0/s1. The highest BCUT2D eigenvalue weighted by molar-refractivity contribution is 5.74. The van der Waals surface area contributed by atoms with Crippen LogP contribution in [-0.2, 0) is 36.8 Å². The number of carbonyl (C=O) groups excluding carboxylic acids is 2. The van der Waals surface area contributed by atoms with Gasteiger partial charge in [-0.25, -0.2) is 9.78 Å². The molecule has 0 radical (unpaired) electrons. The summed E-state index contributed by atoms with van der Waals surface area (Å²) in [6, 6.07) is 10.0. The molecular weight excluding hydrogens is 376 g/mol. The first-order chi connectivity index (χ1) is 14.0. The number of oxazole rings is 1. The Morgan fingerprint density at radius 3 is 2.86 bits per heavy atom. The van der Waals surface area contributed by atoms with Crippen LogP contribution in [0.4, 0.5) is 6.01 Å². The van der Waals surface area contributed by atoms with Crippen molar-refractivity contribution < 1.29 is 28.2 Å². The second-order valence-corrected chi connectivity index (χ2v) is 6.91. The zero-order chi connectivity index (χ0) is 20.6. The fraction of sp³-hybridized carbons (Fsp3) is 0.476. The van der Waals surface area contributed by atoms with E-state index < -0.39 is 6.10 Å². The molecule has 156 valence electrons. The lowest BCUT2D eigenvalue weighted by molar-refractivity contribution is -0.160. The molecule has 1 aliphatic heterocycles. The third-order valence-electron chi connectivity index (χ3n) is 4.71. The Bertz CT molecular complexity index is 807. The summed E-state index contributed by atoms with van der Waals surface area (Å²) >= 11 is 0. The van der Waals surface area contributed by atoms with Crippen LogP contribution in [0.15, 0.2) is 40.9 Å². The third-order valence-corrected chi connectivity index (χ3v) is 4.71. The van der Waals surface area contributed by atoms with Crippen LogP contribution in [0.5, 0.6) is 0 Å². The minimum atomic E-state index is -0.649. The largest absolute Gasteiger partial charge is 0.469 e. The highest BCUT2D eigenvalue weighted by atomic mass is 16.6. The number of methoxy groups -OCH3 is 1. The fourth-order valence-corrected chi connectivity index (χ4v) is 3.09. The molecule has 1 fully saturated rings. The summed E-state index contributed by atoms with van der Waals surface area (Å²) in [6.45, 7) is 3.22. The maximum Gasteiger partial charge on any atom is 0.335 e. The molecule has 1 aromatic heterocycles. The van der Waals surface area contributed by atoms with Gasteiger partial charge in [-0.1, -0.05) is 30.3 Å². The maximum absolute atomic E-state index is 12.2. The molecule has 0 N–H and O–H groups in total. The molecule has 1 unspecified atom stereocenters. The van der Waals surface area contributed by atoms with Crippen LogP contribution in [0.25, 0.3) is 0 Å². The molecule has 29 heavy (non-hydrogen) atoms. The van der Waals surface area contributed by atoms with Crippen molar-refractivity contribution in [1.82, 2.24) is 4.98 Å². The first-order valence-electron chi connectivity index (χ1n) is 9.67. The Hall–Kier alpha value is -2.87. The fourth-order valence-electron chi connectivity index (χ4n) is 3.09. The predicted octanol–water partition coefficient (Wildman–Crippen LogP) is 2.51. The van der Waals surface area contributed by atoms with Gasteiger partial charge in [0.05, 0.1) is 25.8 Å². The summed E-state index contributed by atoms with van der Waals surface area (Å²) < 4.78 is 21.5. The number of hydrogen-bond donors (Lipinski definition) is 0. The molecule has 0 amide bonds. The van der Waals surface area contributed by atoms with E-state index >= 15 is 0 Å². The molecule has 1 aromatic carbocycles. The van der Waals surface area contributed by atoms with Gasteiger partial charge in [0.25, 0.3) is 6.01 Å². The van der Waals surface area contributed by atoms with Crippen molar-refractivity contribution in [2.45, 2.75) is 45.0 Å². The van der Waals surface area contributed by atoms with Gasteiger partial charge in [-0.2, -0.15) is 0 Å². The Balaban J connectivity index is 1.42. The molecule has 0 spiro atoms. The molecule has 0 bridgehead atoms. The van der Waals surface area contributed by atoms with Crippen molar-refractivity contribution in [1.29, 1.82) is 0 Å². The van der Waals surface area contributed by atoms with E-state index in [-0.39, 0.29) is 31.1 Å². The number of rotatable bonds is 9. The van der Waals surface area contributed by atoms with Gasteiger partial charge in [-0.3, -0.25) is 4.79 Å². The summed E-state index contributed by atoms with van der Waals surface area (Å²) in [6.07, 6.45) is 2.31. The Kier molecular flexibility index (Phi) is 7.24. The van der Waals surface area contributed by atoms with E-state index in [0.29, 0.717) is 31.3 Å². The quantitative estimate of drug-likeness (QED) is 0.591. The number of esters is 2. The number of aromatic nitrogens is 1. The highest BCUT2D eigenvalue weighted by Crippen LogP contribution is 2.23. The van der Waals surface area contributed by atoms with Crippen molar-refractivity contribution in [3.8, 4) is 0 Å². The van der Waals surface area contributed by atoms with Gasteiger partial charge in [-0.05, 0) is 18.9 Å². The van der Waals surface area contributed by atoms with Crippen LogP contribution in [-0.4, -0.2) is 49.3 Å². The van der Waals surface area contributed by atoms with Crippen molar-refractivity contribution in [3.63, 3.8) is 0 Å². The van der Waals surface area contributed by atoms with Gasteiger partial charge >= 0.3 is 11.9 Å². The van der Waals surface area contributed by atoms with E-state index in [1.54, 1.807) is 13.1 Å². The molecule has 3 rings (SSSR count). The van der Waals surface area contributed by atoms with Crippen LogP contribution in [0.2, 0.25) is 0 Å². The smallest absolute Gasteiger partial charge is 0.335 e. The lowest BCUT2D eigenvalue weighted by atomic mass is 10.2. The normalized spacial score (nSPS) is 17.2. The Morgan fingerprint density at radius 2 is 2.10 bits per heavy atom. The van der Waals surface area contributed by atoms with Crippen molar-refractivity contribution in [2.24, 2.45) is 0 Å². The molecule has 8 nitrogen and oxygen atoms in total. The average Bonchev–Trinajstić information content (AvgIpc) is 3.40. The van der Waals surface area contributed by atoms with E-state index in [2.05, 4.69) is 9.72 Å². The minimum absolute atomic E-state index is 0.111. The van der Waals surface area contributed by atoms with E-state index in [1.165, 1.54) is 7.11 Å². The van der Waals surface area contributed by atoms with Gasteiger partial charge in [0.15, 0.2) is 6.10 Å². The van der Waals surface area contributed by atoms with Crippen molar-refractivity contribution >= 4 is 18.0 Å². The predicted molar refractivity (Wildman–Crippen MR) is 104 cm³/mol. The summed E-state index contributed by atoms with van der Waals surface area (Å²) in [4.78, 5) is 29.6. The number of anilines is 1. The van der Waals surface area contributed by atoms with Gasteiger partial charge < -0.3 is 23.5 Å².